The quantitative estimate of drug-likeness (QED) is 0.926. The maximum absolute atomic E-state index is 12.9. The lowest BCUT2D eigenvalue weighted by atomic mass is 10.3. The zero-order valence-electron chi connectivity index (χ0n) is 10.9. The summed E-state index contributed by atoms with van der Waals surface area (Å²) in [5.74, 6) is -0.185. The molecule has 20 heavy (non-hydrogen) atoms. The molecule has 1 aromatic rings. The molecular formula is C13H17Cl2FN2O2. The minimum Gasteiger partial charge on any atom is -0.482 e. The van der Waals surface area contributed by atoms with Gasteiger partial charge in [-0.1, -0.05) is 11.6 Å². The van der Waals surface area contributed by atoms with Gasteiger partial charge in [-0.15, -0.1) is 12.4 Å². The Hall–Kier alpha value is -1.04. The third kappa shape index (κ3) is 4.81. The van der Waals surface area contributed by atoms with Gasteiger partial charge in [-0.2, -0.15) is 0 Å². The van der Waals surface area contributed by atoms with E-state index in [0.29, 0.717) is 12.3 Å². The van der Waals surface area contributed by atoms with Crippen molar-refractivity contribution in [1.29, 1.82) is 0 Å². The second-order valence-electron chi connectivity index (χ2n) is 4.35. The van der Waals surface area contributed by atoms with E-state index >= 15 is 0 Å². The lowest BCUT2D eigenvalue weighted by Crippen LogP contribution is -2.37. The molecule has 4 nitrogen and oxygen atoms in total. The Morgan fingerprint density at radius 2 is 2.20 bits per heavy atom. The largest absolute Gasteiger partial charge is 0.482 e. The minimum absolute atomic E-state index is 0. The molecule has 1 N–H and O–H groups in total. The summed E-state index contributed by atoms with van der Waals surface area (Å²) >= 11 is 5.82. The van der Waals surface area contributed by atoms with E-state index in [1.165, 1.54) is 12.1 Å². The normalized spacial score (nSPS) is 15.2. The SMILES string of the molecule is Cl.O=C(COc1ccc(F)cc1Cl)N1CCCNCC1. The highest BCUT2D eigenvalue weighted by atomic mass is 35.5. The summed E-state index contributed by atoms with van der Waals surface area (Å²) in [5.41, 5.74) is 0. The van der Waals surface area contributed by atoms with Crippen molar-refractivity contribution in [3.8, 4) is 5.75 Å². The number of nitrogens with zero attached hydrogens (tertiary/aromatic N) is 1. The zero-order valence-corrected chi connectivity index (χ0v) is 12.5. The Morgan fingerprint density at radius 3 is 2.95 bits per heavy atom. The van der Waals surface area contributed by atoms with Crippen LogP contribution >= 0.6 is 24.0 Å². The zero-order chi connectivity index (χ0) is 13.7. The van der Waals surface area contributed by atoms with Crippen LogP contribution in [-0.2, 0) is 4.79 Å². The predicted octanol–water partition coefficient (Wildman–Crippen LogP) is 2.10. The topological polar surface area (TPSA) is 41.6 Å². The van der Waals surface area contributed by atoms with Crippen LogP contribution in [0.3, 0.4) is 0 Å². The molecule has 112 valence electrons. The highest BCUT2D eigenvalue weighted by molar-refractivity contribution is 6.32. The lowest BCUT2D eigenvalue weighted by Gasteiger charge is -2.20. The molecule has 0 saturated carbocycles. The van der Waals surface area contributed by atoms with E-state index in [0.717, 1.165) is 32.1 Å². The van der Waals surface area contributed by atoms with E-state index in [-0.39, 0.29) is 29.9 Å². The third-order valence-electron chi connectivity index (χ3n) is 2.94. The van der Waals surface area contributed by atoms with E-state index in [2.05, 4.69) is 5.32 Å². The minimum atomic E-state index is -0.428. The van der Waals surface area contributed by atoms with Crippen molar-refractivity contribution in [2.24, 2.45) is 0 Å². The van der Waals surface area contributed by atoms with Crippen LogP contribution in [0.1, 0.15) is 6.42 Å². The molecule has 0 unspecified atom stereocenters. The Bertz CT molecular complexity index is 452. The van der Waals surface area contributed by atoms with Crippen molar-refractivity contribution in [3.63, 3.8) is 0 Å². The highest BCUT2D eigenvalue weighted by Gasteiger charge is 2.16. The van der Waals surface area contributed by atoms with Crippen LogP contribution in [0.15, 0.2) is 18.2 Å². The number of hydrogen-bond acceptors (Lipinski definition) is 3. The van der Waals surface area contributed by atoms with Gasteiger partial charge in [0.05, 0.1) is 5.02 Å². The van der Waals surface area contributed by atoms with E-state index < -0.39 is 5.82 Å². The molecule has 1 heterocycles. The van der Waals surface area contributed by atoms with Gasteiger partial charge in [0, 0.05) is 19.6 Å². The number of ether oxygens (including phenoxy) is 1. The molecule has 1 fully saturated rings. The molecule has 1 aliphatic heterocycles. The first-order valence-electron chi connectivity index (χ1n) is 6.23. The second kappa shape index (κ2) is 8.29. The average molecular weight is 323 g/mol. The number of carbonyl (C=O) groups is 1. The Labute approximate surface area is 128 Å². The van der Waals surface area contributed by atoms with Crippen molar-refractivity contribution >= 4 is 29.9 Å². The van der Waals surface area contributed by atoms with Crippen LogP contribution in [0.4, 0.5) is 4.39 Å². The molecule has 0 spiro atoms. The summed E-state index contributed by atoms with van der Waals surface area (Å²) in [7, 11) is 0. The van der Waals surface area contributed by atoms with Crippen LogP contribution in [0.5, 0.6) is 5.75 Å². The summed E-state index contributed by atoms with van der Waals surface area (Å²) in [6, 6.07) is 3.84. The van der Waals surface area contributed by atoms with Gasteiger partial charge >= 0.3 is 0 Å². The molecule has 0 radical (unpaired) electrons. The second-order valence-corrected chi connectivity index (χ2v) is 4.75. The van der Waals surface area contributed by atoms with Crippen LogP contribution < -0.4 is 10.1 Å². The van der Waals surface area contributed by atoms with Gasteiger partial charge in [-0.25, -0.2) is 4.39 Å². The number of hydrogen-bond donors (Lipinski definition) is 1. The highest BCUT2D eigenvalue weighted by Crippen LogP contribution is 2.24. The van der Waals surface area contributed by atoms with Gasteiger partial charge in [0.15, 0.2) is 6.61 Å². The standard InChI is InChI=1S/C13H16ClFN2O2.ClH/c14-11-8-10(15)2-3-12(11)19-9-13(18)17-6-1-4-16-5-7-17;/h2-3,8,16H,1,4-7,9H2;1H. The van der Waals surface area contributed by atoms with Gasteiger partial charge in [-0.3, -0.25) is 4.79 Å². The first-order chi connectivity index (χ1) is 9.16. The Balaban J connectivity index is 0.00000200. The Morgan fingerprint density at radius 1 is 1.40 bits per heavy atom. The van der Waals surface area contributed by atoms with Crippen LogP contribution in [0, 0.1) is 5.82 Å². The Kier molecular flexibility index (Phi) is 7.05. The molecular weight excluding hydrogens is 306 g/mol. The number of halogens is 3. The first kappa shape index (κ1) is 17.0. The molecule has 1 amide bonds. The van der Waals surface area contributed by atoms with Gasteiger partial charge in [0.1, 0.15) is 11.6 Å². The molecule has 0 atom stereocenters. The van der Waals surface area contributed by atoms with Crippen molar-refractivity contribution in [2.45, 2.75) is 6.42 Å². The first-order valence-corrected chi connectivity index (χ1v) is 6.61. The van der Waals surface area contributed by atoms with Crippen molar-refractivity contribution in [1.82, 2.24) is 10.2 Å². The number of amides is 1. The summed E-state index contributed by atoms with van der Waals surface area (Å²) < 4.78 is 18.2. The maximum atomic E-state index is 12.9. The van der Waals surface area contributed by atoms with Gasteiger partial charge < -0.3 is 15.0 Å². The fraction of sp³-hybridized carbons (Fsp3) is 0.462. The van der Waals surface area contributed by atoms with Crippen LogP contribution in [-0.4, -0.2) is 43.6 Å². The van der Waals surface area contributed by atoms with Gasteiger partial charge in [-0.05, 0) is 31.2 Å². The molecule has 1 aromatic carbocycles. The molecule has 7 heteroatoms. The number of carbonyl (C=O) groups excluding carboxylic acids is 1. The average Bonchev–Trinajstić information content (AvgIpc) is 2.66. The third-order valence-corrected chi connectivity index (χ3v) is 3.23. The van der Waals surface area contributed by atoms with Crippen LogP contribution in [0.2, 0.25) is 5.02 Å². The molecule has 0 bridgehead atoms. The smallest absolute Gasteiger partial charge is 0.260 e. The fourth-order valence-corrected chi connectivity index (χ4v) is 2.14. The molecule has 2 rings (SSSR count). The summed E-state index contributed by atoms with van der Waals surface area (Å²) in [6.45, 7) is 3.05. The number of benzene rings is 1. The van der Waals surface area contributed by atoms with E-state index in [9.17, 15) is 9.18 Å². The maximum Gasteiger partial charge on any atom is 0.260 e. The number of rotatable bonds is 3. The fourth-order valence-electron chi connectivity index (χ4n) is 1.92. The van der Waals surface area contributed by atoms with Crippen molar-refractivity contribution < 1.29 is 13.9 Å². The van der Waals surface area contributed by atoms with Gasteiger partial charge in [0.2, 0.25) is 0 Å². The lowest BCUT2D eigenvalue weighted by molar-refractivity contribution is -0.133. The molecule has 0 aliphatic carbocycles. The summed E-state index contributed by atoms with van der Waals surface area (Å²) in [6.07, 6.45) is 0.934. The van der Waals surface area contributed by atoms with Crippen LogP contribution in [0.25, 0.3) is 0 Å². The van der Waals surface area contributed by atoms with Crippen molar-refractivity contribution in [2.75, 3.05) is 32.8 Å². The van der Waals surface area contributed by atoms with E-state index in [1.54, 1.807) is 4.90 Å². The van der Waals surface area contributed by atoms with Gasteiger partial charge in [0.25, 0.3) is 5.91 Å². The van der Waals surface area contributed by atoms with Crippen molar-refractivity contribution in [3.05, 3.63) is 29.0 Å². The van der Waals surface area contributed by atoms with E-state index in [4.69, 9.17) is 16.3 Å². The predicted molar refractivity (Wildman–Crippen MR) is 78.2 cm³/mol. The number of nitrogens with one attached hydrogen (secondary N) is 1. The monoisotopic (exact) mass is 322 g/mol. The molecule has 0 aromatic heterocycles. The molecule has 1 saturated heterocycles. The molecule has 1 aliphatic rings. The summed E-state index contributed by atoms with van der Waals surface area (Å²) in [5, 5.41) is 3.40. The van der Waals surface area contributed by atoms with E-state index in [1.807, 2.05) is 0 Å². The summed E-state index contributed by atoms with van der Waals surface area (Å²) in [4.78, 5) is 13.7.